The third kappa shape index (κ3) is 4.26. The number of benzene rings is 2. The van der Waals surface area contributed by atoms with E-state index in [-0.39, 0.29) is 22.1 Å². The highest BCUT2D eigenvalue weighted by Crippen LogP contribution is 2.35. The molecule has 0 amide bonds. The van der Waals surface area contributed by atoms with Crippen LogP contribution in [0.4, 0.5) is 0 Å². The molecule has 0 radical (unpaired) electrons. The number of aromatic hydroxyl groups is 1. The monoisotopic (exact) mass is 498 g/mol. The normalized spacial score (nSPS) is 15.6. The average Bonchev–Trinajstić information content (AvgIpc) is 3.15. The molecule has 0 aliphatic carbocycles. The summed E-state index contributed by atoms with van der Waals surface area (Å²) in [6.07, 6.45) is 2.18. The number of carbonyl (C=O) groups excluding carboxylic acids is 1. The first-order chi connectivity index (χ1) is 16.4. The molecule has 7 nitrogen and oxygen atoms in total. The molecule has 2 heterocycles. The van der Waals surface area contributed by atoms with Gasteiger partial charge in [-0.2, -0.15) is 0 Å². The lowest BCUT2D eigenvalue weighted by molar-refractivity contribution is -0.136. The third-order valence-electron chi connectivity index (χ3n) is 5.41. The number of allylic oxidation sites excluding steroid dienone is 1. The highest BCUT2D eigenvalue weighted by molar-refractivity contribution is 7.07. The Morgan fingerprint density at radius 2 is 2.00 bits per heavy atom. The number of esters is 1. The Morgan fingerprint density at radius 1 is 1.26 bits per heavy atom. The zero-order valence-corrected chi connectivity index (χ0v) is 20.4. The Labute approximate surface area is 204 Å². The largest absolute Gasteiger partial charge is 0.503 e. The summed E-state index contributed by atoms with van der Waals surface area (Å²) in [6, 6.07) is 11.9. The molecule has 3 aromatic rings. The predicted octanol–water partition coefficient (Wildman–Crippen LogP) is 3.56. The molecule has 9 heteroatoms. The maximum absolute atomic E-state index is 13.6. The number of aromatic nitrogens is 1. The van der Waals surface area contributed by atoms with Crippen LogP contribution in [0.5, 0.6) is 11.5 Å². The topological polar surface area (TPSA) is 90.1 Å². The summed E-state index contributed by atoms with van der Waals surface area (Å²) in [5.41, 5.74) is 2.01. The van der Waals surface area contributed by atoms with Crippen LogP contribution in [0, 0.1) is 0 Å². The maximum atomic E-state index is 13.6. The van der Waals surface area contributed by atoms with Crippen molar-refractivity contribution in [2.45, 2.75) is 26.3 Å². The van der Waals surface area contributed by atoms with E-state index in [9.17, 15) is 14.7 Å². The minimum atomic E-state index is -0.663. The number of rotatable bonds is 6. The van der Waals surface area contributed by atoms with E-state index in [1.54, 1.807) is 25.1 Å². The Bertz CT molecular complexity index is 1460. The fourth-order valence-electron chi connectivity index (χ4n) is 3.91. The molecule has 0 unspecified atom stereocenters. The Hall–Kier alpha value is -3.36. The molecule has 2 aromatic carbocycles. The van der Waals surface area contributed by atoms with Crippen LogP contribution in [-0.4, -0.2) is 29.4 Å². The fourth-order valence-corrected chi connectivity index (χ4v) is 5.15. The molecule has 0 saturated carbocycles. The highest BCUT2D eigenvalue weighted by Gasteiger charge is 2.33. The number of fused-ring (bicyclic) bond motifs is 1. The van der Waals surface area contributed by atoms with Gasteiger partial charge >= 0.3 is 5.97 Å². The first kappa shape index (κ1) is 23.8. The number of phenols is 1. The van der Waals surface area contributed by atoms with Gasteiger partial charge in [0.1, 0.15) is 0 Å². The summed E-state index contributed by atoms with van der Waals surface area (Å²) < 4.78 is 12.5. The number of hydrogen-bond donors (Lipinski definition) is 1. The van der Waals surface area contributed by atoms with Crippen LogP contribution in [0.25, 0.3) is 6.08 Å². The van der Waals surface area contributed by atoms with Crippen LogP contribution in [0.3, 0.4) is 0 Å². The van der Waals surface area contributed by atoms with Crippen LogP contribution in [0.1, 0.15) is 37.4 Å². The Kier molecular flexibility index (Phi) is 6.90. The SMILES string of the molecule is CCOc1cc(/C=c2\sc3n(c2=O)[C@H](c2ccccc2)C(C(=O)OC)=C(CC)N=3)cc(Cl)c1O. The molecule has 1 aliphatic heterocycles. The fraction of sp³-hybridized carbons (Fsp3) is 0.240. The minimum Gasteiger partial charge on any atom is -0.503 e. The zero-order chi connectivity index (χ0) is 24.4. The summed E-state index contributed by atoms with van der Waals surface area (Å²) in [5, 5.41) is 10.2. The van der Waals surface area contributed by atoms with Gasteiger partial charge in [0, 0.05) is 0 Å². The van der Waals surface area contributed by atoms with E-state index >= 15 is 0 Å². The molecule has 1 aromatic heterocycles. The summed E-state index contributed by atoms with van der Waals surface area (Å²) in [7, 11) is 1.32. The molecule has 1 atom stereocenters. The zero-order valence-electron chi connectivity index (χ0n) is 18.9. The van der Waals surface area contributed by atoms with E-state index < -0.39 is 12.0 Å². The molecule has 0 saturated heterocycles. The second kappa shape index (κ2) is 9.87. The van der Waals surface area contributed by atoms with Gasteiger partial charge in [0.05, 0.1) is 40.6 Å². The van der Waals surface area contributed by atoms with Gasteiger partial charge in [-0.05, 0) is 42.7 Å². The van der Waals surface area contributed by atoms with Gasteiger partial charge in [0.2, 0.25) is 0 Å². The summed E-state index contributed by atoms with van der Waals surface area (Å²) in [6.45, 7) is 4.06. The molecule has 1 N–H and O–H groups in total. The number of nitrogens with zero attached hydrogens (tertiary/aromatic N) is 2. The minimum absolute atomic E-state index is 0.119. The molecule has 0 bridgehead atoms. The smallest absolute Gasteiger partial charge is 0.338 e. The molecule has 34 heavy (non-hydrogen) atoms. The van der Waals surface area contributed by atoms with Crippen LogP contribution in [0.2, 0.25) is 5.02 Å². The van der Waals surface area contributed by atoms with E-state index in [0.29, 0.717) is 39.2 Å². The van der Waals surface area contributed by atoms with Crippen molar-refractivity contribution in [3.63, 3.8) is 0 Å². The van der Waals surface area contributed by atoms with E-state index in [1.807, 2.05) is 37.3 Å². The first-order valence-corrected chi connectivity index (χ1v) is 11.9. The van der Waals surface area contributed by atoms with Crippen molar-refractivity contribution in [1.29, 1.82) is 0 Å². The van der Waals surface area contributed by atoms with Gasteiger partial charge in [0.25, 0.3) is 5.56 Å². The molecular formula is C25H23ClN2O5S. The van der Waals surface area contributed by atoms with Crippen molar-refractivity contribution >= 4 is 35.0 Å². The number of halogens is 1. The number of ether oxygens (including phenoxy) is 2. The average molecular weight is 499 g/mol. The van der Waals surface area contributed by atoms with Crippen molar-refractivity contribution in [2.24, 2.45) is 4.99 Å². The van der Waals surface area contributed by atoms with E-state index in [0.717, 1.165) is 5.56 Å². The van der Waals surface area contributed by atoms with Crippen molar-refractivity contribution in [3.05, 3.63) is 89.6 Å². The molecule has 1 aliphatic rings. The van der Waals surface area contributed by atoms with Crippen molar-refractivity contribution in [2.75, 3.05) is 13.7 Å². The standard InChI is InChI=1S/C25H23ClN2O5S/c1-4-17-20(24(31)32-3)21(15-9-7-6-8-10-15)28-23(30)19(34-25(28)27-17)13-14-11-16(26)22(29)18(12-14)33-5-2/h6-13,21,29H,4-5H2,1-3H3/b19-13-/t21-/m1/s1. The maximum Gasteiger partial charge on any atom is 0.338 e. The van der Waals surface area contributed by atoms with Gasteiger partial charge in [-0.15, -0.1) is 0 Å². The number of hydrogen-bond acceptors (Lipinski definition) is 7. The number of phenolic OH excluding ortho intramolecular Hbond substituents is 1. The Morgan fingerprint density at radius 3 is 2.65 bits per heavy atom. The van der Waals surface area contributed by atoms with Crippen LogP contribution >= 0.6 is 22.9 Å². The van der Waals surface area contributed by atoms with Crippen molar-refractivity contribution in [1.82, 2.24) is 4.57 Å². The van der Waals surface area contributed by atoms with E-state index in [4.69, 9.17) is 21.1 Å². The van der Waals surface area contributed by atoms with Crippen molar-refractivity contribution < 1.29 is 19.4 Å². The lowest BCUT2D eigenvalue weighted by atomic mass is 9.95. The molecular weight excluding hydrogens is 476 g/mol. The Balaban J connectivity index is 1.97. The number of methoxy groups -OCH3 is 1. The predicted molar refractivity (Wildman–Crippen MR) is 131 cm³/mol. The number of carbonyl (C=O) groups is 1. The van der Waals surface area contributed by atoms with Crippen molar-refractivity contribution in [3.8, 4) is 11.5 Å². The summed E-state index contributed by atoms with van der Waals surface area (Å²) >= 11 is 7.39. The highest BCUT2D eigenvalue weighted by atomic mass is 35.5. The van der Waals surface area contributed by atoms with E-state index in [2.05, 4.69) is 4.99 Å². The lowest BCUT2D eigenvalue weighted by Gasteiger charge is -2.25. The van der Waals surface area contributed by atoms with Gasteiger partial charge in [0.15, 0.2) is 16.3 Å². The van der Waals surface area contributed by atoms with Crippen LogP contribution in [-0.2, 0) is 9.53 Å². The lowest BCUT2D eigenvalue weighted by Crippen LogP contribution is -2.40. The van der Waals surface area contributed by atoms with E-state index in [1.165, 1.54) is 23.0 Å². The second-order valence-electron chi connectivity index (χ2n) is 7.48. The second-order valence-corrected chi connectivity index (χ2v) is 8.90. The van der Waals surface area contributed by atoms with Gasteiger partial charge in [-0.25, -0.2) is 9.79 Å². The third-order valence-corrected chi connectivity index (χ3v) is 6.68. The van der Waals surface area contributed by atoms with Gasteiger partial charge in [-0.3, -0.25) is 9.36 Å². The van der Waals surface area contributed by atoms with Gasteiger partial charge < -0.3 is 14.6 Å². The summed E-state index contributed by atoms with van der Waals surface area (Å²) in [4.78, 5) is 31.5. The van der Waals surface area contributed by atoms with Crippen LogP contribution in [0.15, 0.2) is 63.5 Å². The van der Waals surface area contributed by atoms with Crippen LogP contribution < -0.4 is 19.6 Å². The molecule has 0 spiro atoms. The first-order valence-electron chi connectivity index (χ1n) is 10.7. The quantitative estimate of drug-likeness (QED) is 0.525. The molecule has 0 fully saturated rings. The molecule has 176 valence electrons. The van der Waals surface area contributed by atoms with Gasteiger partial charge in [-0.1, -0.05) is 60.2 Å². The summed E-state index contributed by atoms with van der Waals surface area (Å²) in [5.74, 6) is -0.436. The molecule has 4 rings (SSSR count). The number of thiazole rings is 1.